The van der Waals surface area contributed by atoms with Crippen molar-refractivity contribution >= 4 is 0 Å². The summed E-state index contributed by atoms with van der Waals surface area (Å²) in [5, 5.41) is 9.19. The lowest BCUT2D eigenvalue weighted by atomic mass is 9.99. The van der Waals surface area contributed by atoms with Crippen molar-refractivity contribution in [1.82, 2.24) is 0 Å². The van der Waals surface area contributed by atoms with Gasteiger partial charge in [0, 0.05) is 6.54 Å². The number of nitrogens with two attached hydrogens (primary N) is 1. The van der Waals surface area contributed by atoms with Crippen molar-refractivity contribution in [2.24, 2.45) is 5.73 Å². The molecule has 0 aliphatic rings. The highest BCUT2D eigenvalue weighted by Crippen LogP contribution is 2.28. The SMILES string of the molecule is CCC(C)c1ccc(Oc2ccc(CN)cc2C#N)cc1. The quantitative estimate of drug-likeness (QED) is 0.887. The standard InChI is InChI=1S/C18H20N2O/c1-3-13(2)15-5-7-17(8-6-15)21-18-9-4-14(11-19)10-16(18)12-20/h4-10,13H,3,11,19H2,1-2H3. The van der Waals surface area contributed by atoms with Crippen LogP contribution in [-0.2, 0) is 6.54 Å². The van der Waals surface area contributed by atoms with E-state index in [0.717, 1.165) is 17.7 Å². The van der Waals surface area contributed by atoms with Gasteiger partial charge in [-0.3, -0.25) is 0 Å². The minimum atomic E-state index is 0.415. The maximum atomic E-state index is 9.19. The molecule has 0 aliphatic carbocycles. The predicted octanol–water partition coefficient (Wildman–Crippen LogP) is 4.32. The van der Waals surface area contributed by atoms with E-state index in [-0.39, 0.29) is 0 Å². The Morgan fingerprint density at radius 3 is 2.48 bits per heavy atom. The Morgan fingerprint density at radius 2 is 1.90 bits per heavy atom. The lowest BCUT2D eigenvalue weighted by Crippen LogP contribution is -1.98. The summed E-state index contributed by atoms with van der Waals surface area (Å²) >= 11 is 0. The van der Waals surface area contributed by atoms with Crippen LogP contribution in [-0.4, -0.2) is 0 Å². The van der Waals surface area contributed by atoms with Gasteiger partial charge in [-0.05, 0) is 47.7 Å². The van der Waals surface area contributed by atoms with E-state index in [1.165, 1.54) is 5.56 Å². The molecule has 0 saturated carbocycles. The molecule has 108 valence electrons. The van der Waals surface area contributed by atoms with Gasteiger partial charge in [-0.2, -0.15) is 5.26 Å². The Hall–Kier alpha value is -2.31. The number of nitrogens with zero attached hydrogens (tertiary/aromatic N) is 1. The van der Waals surface area contributed by atoms with E-state index >= 15 is 0 Å². The van der Waals surface area contributed by atoms with Gasteiger partial charge in [-0.25, -0.2) is 0 Å². The zero-order chi connectivity index (χ0) is 15.2. The van der Waals surface area contributed by atoms with Crippen LogP contribution in [0.4, 0.5) is 0 Å². The maximum Gasteiger partial charge on any atom is 0.145 e. The van der Waals surface area contributed by atoms with Gasteiger partial charge in [-0.1, -0.05) is 32.0 Å². The topological polar surface area (TPSA) is 59.0 Å². The van der Waals surface area contributed by atoms with Gasteiger partial charge in [0.15, 0.2) is 0 Å². The Bertz CT molecular complexity index is 641. The van der Waals surface area contributed by atoms with Crippen LogP contribution in [0, 0.1) is 11.3 Å². The molecular formula is C18H20N2O. The van der Waals surface area contributed by atoms with E-state index in [1.807, 2.05) is 18.2 Å². The fourth-order valence-electron chi connectivity index (χ4n) is 2.11. The van der Waals surface area contributed by atoms with Gasteiger partial charge in [0.2, 0.25) is 0 Å². The summed E-state index contributed by atoms with van der Waals surface area (Å²) in [4.78, 5) is 0. The zero-order valence-corrected chi connectivity index (χ0v) is 12.5. The first-order valence-corrected chi connectivity index (χ1v) is 7.18. The van der Waals surface area contributed by atoms with Gasteiger partial charge in [0.25, 0.3) is 0 Å². The molecule has 0 spiro atoms. The zero-order valence-electron chi connectivity index (χ0n) is 12.5. The summed E-state index contributed by atoms with van der Waals surface area (Å²) in [7, 11) is 0. The molecule has 0 aliphatic heterocycles. The Balaban J connectivity index is 2.20. The molecule has 0 heterocycles. The molecule has 0 saturated heterocycles. The summed E-state index contributed by atoms with van der Waals surface area (Å²) < 4.78 is 5.80. The first-order chi connectivity index (χ1) is 10.2. The molecule has 0 amide bonds. The Morgan fingerprint density at radius 1 is 1.19 bits per heavy atom. The number of hydrogen-bond donors (Lipinski definition) is 1. The van der Waals surface area contributed by atoms with Crippen molar-refractivity contribution in [1.29, 1.82) is 5.26 Å². The van der Waals surface area contributed by atoms with Crippen LogP contribution in [0.1, 0.15) is 42.9 Å². The van der Waals surface area contributed by atoms with Crippen LogP contribution in [0.3, 0.4) is 0 Å². The molecule has 1 unspecified atom stereocenters. The van der Waals surface area contributed by atoms with E-state index in [0.29, 0.717) is 23.8 Å². The van der Waals surface area contributed by atoms with Crippen LogP contribution >= 0.6 is 0 Å². The molecule has 21 heavy (non-hydrogen) atoms. The van der Waals surface area contributed by atoms with Gasteiger partial charge in [0.1, 0.15) is 17.6 Å². The van der Waals surface area contributed by atoms with E-state index in [2.05, 4.69) is 32.0 Å². The fourth-order valence-corrected chi connectivity index (χ4v) is 2.11. The minimum Gasteiger partial charge on any atom is -0.456 e. The number of nitriles is 1. The third kappa shape index (κ3) is 3.62. The molecular weight excluding hydrogens is 260 g/mol. The van der Waals surface area contributed by atoms with Crippen molar-refractivity contribution < 1.29 is 4.74 Å². The molecule has 1 atom stereocenters. The molecule has 3 heteroatoms. The molecule has 2 N–H and O–H groups in total. The Labute approximate surface area is 126 Å². The largest absolute Gasteiger partial charge is 0.456 e. The highest BCUT2D eigenvalue weighted by molar-refractivity contribution is 5.47. The van der Waals surface area contributed by atoms with Crippen LogP contribution in [0.2, 0.25) is 0 Å². The van der Waals surface area contributed by atoms with Gasteiger partial charge < -0.3 is 10.5 Å². The summed E-state index contributed by atoms with van der Waals surface area (Å²) in [5.41, 5.74) is 8.31. The van der Waals surface area contributed by atoms with Gasteiger partial charge >= 0.3 is 0 Å². The maximum absolute atomic E-state index is 9.19. The molecule has 2 aromatic rings. The smallest absolute Gasteiger partial charge is 0.145 e. The highest BCUT2D eigenvalue weighted by atomic mass is 16.5. The van der Waals surface area contributed by atoms with Crippen molar-refractivity contribution in [3.63, 3.8) is 0 Å². The number of benzene rings is 2. The van der Waals surface area contributed by atoms with Crippen molar-refractivity contribution in [2.45, 2.75) is 32.7 Å². The fraction of sp³-hybridized carbons (Fsp3) is 0.278. The molecule has 3 nitrogen and oxygen atoms in total. The predicted molar refractivity (Wildman–Crippen MR) is 84.3 cm³/mol. The average Bonchev–Trinajstić information content (AvgIpc) is 2.55. The van der Waals surface area contributed by atoms with Gasteiger partial charge in [-0.15, -0.1) is 0 Å². The summed E-state index contributed by atoms with van der Waals surface area (Å²) in [6.07, 6.45) is 1.11. The molecule has 0 bridgehead atoms. The minimum absolute atomic E-state index is 0.415. The third-order valence-corrected chi connectivity index (χ3v) is 3.69. The van der Waals surface area contributed by atoms with E-state index < -0.39 is 0 Å². The second-order valence-electron chi connectivity index (χ2n) is 5.13. The lowest BCUT2D eigenvalue weighted by molar-refractivity contribution is 0.480. The molecule has 0 fully saturated rings. The normalized spacial score (nSPS) is 11.7. The van der Waals surface area contributed by atoms with Crippen LogP contribution in [0.15, 0.2) is 42.5 Å². The number of rotatable bonds is 5. The molecule has 0 radical (unpaired) electrons. The molecule has 2 aromatic carbocycles. The third-order valence-electron chi connectivity index (χ3n) is 3.69. The monoisotopic (exact) mass is 280 g/mol. The first kappa shape index (κ1) is 15.1. The second kappa shape index (κ2) is 6.92. The summed E-state index contributed by atoms with van der Waals surface area (Å²) in [5.74, 6) is 1.84. The van der Waals surface area contributed by atoms with E-state index in [9.17, 15) is 5.26 Å². The number of hydrogen-bond acceptors (Lipinski definition) is 3. The van der Waals surface area contributed by atoms with Crippen molar-refractivity contribution in [2.75, 3.05) is 0 Å². The Kier molecular flexibility index (Phi) is 4.97. The van der Waals surface area contributed by atoms with Crippen molar-refractivity contribution in [3.05, 3.63) is 59.2 Å². The second-order valence-corrected chi connectivity index (χ2v) is 5.13. The first-order valence-electron chi connectivity index (χ1n) is 7.18. The highest BCUT2D eigenvalue weighted by Gasteiger charge is 2.07. The van der Waals surface area contributed by atoms with Crippen molar-refractivity contribution in [3.8, 4) is 17.6 Å². The summed E-state index contributed by atoms with van der Waals surface area (Å²) in [6.45, 7) is 4.79. The van der Waals surface area contributed by atoms with E-state index in [4.69, 9.17) is 10.5 Å². The summed E-state index contributed by atoms with van der Waals surface area (Å²) in [6, 6.07) is 15.6. The lowest BCUT2D eigenvalue weighted by Gasteiger charge is -2.11. The molecule has 2 rings (SSSR count). The van der Waals surface area contributed by atoms with E-state index in [1.54, 1.807) is 12.1 Å². The van der Waals surface area contributed by atoms with Crippen LogP contribution < -0.4 is 10.5 Å². The number of ether oxygens (including phenoxy) is 1. The van der Waals surface area contributed by atoms with Crippen LogP contribution in [0.5, 0.6) is 11.5 Å². The van der Waals surface area contributed by atoms with Gasteiger partial charge in [0.05, 0.1) is 5.56 Å². The van der Waals surface area contributed by atoms with Crippen LogP contribution in [0.25, 0.3) is 0 Å². The average molecular weight is 280 g/mol. The molecule has 0 aromatic heterocycles.